The number of halogens is 2. The van der Waals surface area contributed by atoms with Gasteiger partial charge in [0, 0.05) is 40.1 Å². The van der Waals surface area contributed by atoms with Gasteiger partial charge in [-0.05, 0) is 53.1 Å². The van der Waals surface area contributed by atoms with E-state index < -0.39 is 0 Å². The van der Waals surface area contributed by atoms with E-state index in [9.17, 15) is 8.78 Å². The number of rotatable bonds is 3. The van der Waals surface area contributed by atoms with E-state index in [2.05, 4.69) is 22.1 Å². The molecule has 0 aliphatic heterocycles. The second-order valence-corrected chi connectivity index (χ2v) is 6.71. The molecule has 5 aromatic rings. The van der Waals surface area contributed by atoms with Crippen molar-refractivity contribution in [2.24, 2.45) is 0 Å². The Kier molecular flexibility index (Phi) is 3.57. The van der Waals surface area contributed by atoms with E-state index >= 15 is 0 Å². The Labute approximate surface area is 154 Å². The van der Waals surface area contributed by atoms with Crippen LogP contribution in [-0.4, -0.2) is 9.97 Å². The molecule has 27 heavy (non-hydrogen) atoms. The van der Waals surface area contributed by atoms with Gasteiger partial charge >= 0.3 is 0 Å². The molecule has 2 nitrogen and oxygen atoms in total. The number of fused-ring (bicyclic) bond motifs is 2. The van der Waals surface area contributed by atoms with E-state index in [4.69, 9.17) is 0 Å². The third-order valence-corrected chi connectivity index (χ3v) is 5.11. The number of benzene rings is 3. The third kappa shape index (κ3) is 2.61. The molecule has 132 valence electrons. The molecule has 4 heteroatoms. The Morgan fingerprint density at radius 1 is 0.630 bits per heavy atom. The fourth-order valence-electron chi connectivity index (χ4n) is 3.89. The molecule has 5 rings (SSSR count). The molecule has 0 atom stereocenters. The van der Waals surface area contributed by atoms with E-state index in [1.54, 1.807) is 12.1 Å². The molecule has 0 radical (unpaired) electrons. The molecular formula is C23H16F2N2. The molecule has 0 saturated carbocycles. The summed E-state index contributed by atoms with van der Waals surface area (Å²) in [6.07, 6.45) is 3.87. The topological polar surface area (TPSA) is 31.6 Å². The zero-order valence-electron chi connectivity index (χ0n) is 14.3. The van der Waals surface area contributed by atoms with Crippen molar-refractivity contribution in [2.75, 3.05) is 0 Å². The van der Waals surface area contributed by atoms with Gasteiger partial charge < -0.3 is 9.97 Å². The predicted molar refractivity (Wildman–Crippen MR) is 104 cm³/mol. The number of hydrogen-bond acceptors (Lipinski definition) is 0. The minimum Gasteiger partial charge on any atom is -0.361 e. The molecule has 0 aliphatic rings. The zero-order valence-corrected chi connectivity index (χ0v) is 14.3. The Balaban J connectivity index is 1.79. The van der Waals surface area contributed by atoms with Gasteiger partial charge in [-0.3, -0.25) is 0 Å². The Morgan fingerprint density at radius 2 is 1.15 bits per heavy atom. The zero-order chi connectivity index (χ0) is 18.4. The van der Waals surface area contributed by atoms with Crippen LogP contribution in [0.3, 0.4) is 0 Å². The first kappa shape index (κ1) is 15.8. The third-order valence-electron chi connectivity index (χ3n) is 5.11. The average molecular weight is 358 g/mol. The van der Waals surface area contributed by atoms with Crippen molar-refractivity contribution in [3.63, 3.8) is 0 Å². The molecule has 0 amide bonds. The fraction of sp³-hybridized carbons (Fsp3) is 0.0435. The fourth-order valence-corrected chi connectivity index (χ4v) is 3.89. The van der Waals surface area contributed by atoms with Gasteiger partial charge in [0.15, 0.2) is 0 Å². The van der Waals surface area contributed by atoms with Crippen LogP contribution in [0.15, 0.2) is 79.1 Å². The summed E-state index contributed by atoms with van der Waals surface area (Å²) >= 11 is 0. The summed E-state index contributed by atoms with van der Waals surface area (Å²) < 4.78 is 27.3. The van der Waals surface area contributed by atoms with Crippen LogP contribution in [0.2, 0.25) is 0 Å². The van der Waals surface area contributed by atoms with Gasteiger partial charge in [-0.25, -0.2) is 8.78 Å². The Morgan fingerprint density at radius 3 is 1.67 bits per heavy atom. The summed E-state index contributed by atoms with van der Waals surface area (Å²) in [6, 6.07) is 19.7. The molecule has 0 unspecified atom stereocenters. The lowest BCUT2D eigenvalue weighted by Gasteiger charge is -2.17. The van der Waals surface area contributed by atoms with E-state index in [1.807, 2.05) is 30.6 Å². The number of hydrogen-bond donors (Lipinski definition) is 2. The molecule has 0 bridgehead atoms. The van der Waals surface area contributed by atoms with Crippen LogP contribution < -0.4 is 0 Å². The quantitative estimate of drug-likeness (QED) is 0.390. The SMILES string of the molecule is Fc1ccc2c(C(c3ccccc3)c3c[nH]c4cc(F)ccc34)c[nH]c2c1. The van der Waals surface area contributed by atoms with Gasteiger partial charge in [-0.15, -0.1) is 0 Å². The smallest absolute Gasteiger partial charge is 0.125 e. The van der Waals surface area contributed by atoms with E-state index in [1.165, 1.54) is 24.3 Å². The number of aromatic nitrogens is 2. The summed E-state index contributed by atoms with van der Waals surface area (Å²) in [6.45, 7) is 0. The highest BCUT2D eigenvalue weighted by Gasteiger charge is 2.23. The van der Waals surface area contributed by atoms with Gasteiger partial charge in [-0.2, -0.15) is 0 Å². The van der Waals surface area contributed by atoms with Crippen molar-refractivity contribution >= 4 is 21.8 Å². The lowest BCUT2D eigenvalue weighted by atomic mass is 9.85. The summed E-state index contributed by atoms with van der Waals surface area (Å²) in [7, 11) is 0. The van der Waals surface area contributed by atoms with Crippen LogP contribution in [0, 0.1) is 11.6 Å². The highest BCUT2D eigenvalue weighted by atomic mass is 19.1. The van der Waals surface area contributed by atoms with Crippen LogP contribution >= 0.6 is 0 Å². The largest absolute Gasteiger partial charge is 0.361 e. The van der Waals surface area contributed by atoms with Crippen molar-refractivity contribution < 1.29 is 8.78 Å². The molecule has 0 fully saturated rings. The van der Waals surface area contributed by atoms with Crippen molar-refractivity contribution in [1.82, 2.24) is 9.97 Å². The van der Waals surface area contributed by atoms with Crippen molar-refractivity contribution in [2.45, 2.75) is 5.92 Å². The minimum absolute atomic E-state index is 0.0652. The second-order valence-electron chi connectivity index (χ2n) is 6.71. The lowest BCUT2D eigenvalue weighted by molar-refractivity contribution is 0.629. The maximum Gasteiger partial charge on any atom is 0.125 e. The summed E-state index contributed by atoms with van der Waals surface area (Å²) in [5, 5.41) is 1.95. The molecule has 2 heterocycles. The number of aromatic amines is 2. The molecule has 3 aromatic carbocycles. The van der Waals surface area contributed by atoms with Gasteiger partial charge in [0.2, 0.25) is 0 Å². The standard InChI is InChI=1S/C23H16F2N2/c24-15-6-8-17-19(12-26-21(17)10-15)23(14-4-2-1-3-5-14)20-13-27-22-11-16(25)7-9-18(20)22/h1-13,23,26-27H. The first-order chi connectivity index (χ1) is 13.2. The normalized spacial score (nSPS) is 11.7. The van der Waals surface area contributed by atoms with Crippen molar-refractivity contribution in [3.8, 4) is 0 Å². The molecule has 0 aliphatic carbocycles. The Bertz CT molecular complexity index is 1170. The molecule has 2 N–H and O–H groups in total. The second kappa shape index (κ2) is 6.09. The summed E-state index contributed by atoms with van der Waals surface area (Å²) in [5.41, 5.74) is 4.75. The molecular weight excluding hydrogens is 342 g/mol. The molecule has 0 spiro atoms. The minimum atomic E-state index is -0.269. The Hall–Kier alpha value is -3.40. The van der Waals surface area contributed by atoms with Gasteiger partial charge in [0.1, 0.15) is 11.6 Å². The van der Waals surface area contributed by atoms with Crippen LogP contribution in [0.5, 0.6) is 0 Å². The maximum absolute atomic E-state index is 13.6. The van der Waals surface area contributed by atoms with Crippen LogP contribution in [0.4, 0.5) is 8.78 Å². The lowest BCUT2D eigenvalue weighted by Crippen LogP contribution is -2.02. The maximum atomic E-state index is 13.6. The molecule has 2 aromatic heterocycles. The van der Waals surface area contributed by atoms with Gasteiger partial charge in [-0.1, -0.05) is 30.3 Å². The van der Waals surface area contributed by atoms with Gasteiger partial charge in [0.05, 0.1) is 0 Å². The number of H-pyrrole nitrogens is 2. The number of nitrogens with one attached hydrogen (secondary N) is 2. The van der Waals surface area contributed by atoms with Crippen LogP contribution in [-0.2, 0) is 0 Å². The summed E-state index contributed by atoms with van der Waals surface area (Å²) in [5.74, 6) is -0.603. The van der Waals surface area contributed by atoms with Crippen molar-refractivity contribution in [3.05, 3.63) is 107 Å². The first-order valence-electron chi connectivity index (χ1n) is 8.79. The van der Waals surface area contributed by atoms with E-state index in [0.717, 1.165) is 38.5 Å². The average Bonchev–Trinajstić information content (AvgIpc) is 3.27. The van der Waals surface area contributed by atoms with E-state index in [-0.39, 0.29) is 17.6 Å². The predicted octanol–water partition coefficient (Wildman–Crippen LogP) is 6.11. The highest BCUT2D eigenvalue weighted by Crippen LogP contribution is 2.39. The highest BCUT2D eigenvalue weighted by molar-refractivity contribution is 5.89. The van der Waals surface area contributed by atoms with E-state index in [0.29, 0.717) is 0 Å². The molecule has 0 saturated heterocycles. The van der Waals surface area contributed by atoms with Crippen LogP contribution in [0.25, 0.3) is 21.8 Å². The van der Waals surface area contributed by atoms with Gasteiger partial charge in [0.25, 0.3) is 0 Å². The van der Waals surface area contributed by atoms with Crippen molar-refractivity contribution in [1.29, 1.82) is 0 Å². The monoisotopic (exact) mass is 358 g/mol. The summed E-state index contributed by atoms with van der Waals surface area (Å²) in [4.78, 5) is 6.38. The van der Waals surface area contributed by atoms with Crippen LogP contribution in [0.1, 0.15) is 22.6 Å². The first-order valence-corrected chi connectivity index (χ1v) is 8.79.